The number of hydrogen-bond acceptors (Lipinski definition) is 3. The SMILES string of the molecule is Cc1c2c(cn1C)-n1c(C)nnc1CN=C2c1ccc(Cl)cc1. The van der Waals surface area contributed by atoms with Crippen LogP contribution in [0.25, 0.3) is 5.69 Å². The number of aromatic nitrogens is 4. The number of benzene rings is 1. The second kappa shape index (κ2) is 5.06. The Kier molecular flexibility index (Phi) is 3.13. The second-order valence-corrected chi connectivity index (χ2v) is 6.19. The first kappa shape index (κ1) is 14.2. The standard InChI is InChI=1S/C17H16ClN5/c1-10-16-14(9-22(10)3)23-11(2)20-21-15(23)8-19-17(16)12-4-6-13(18)7-5-12/h4-7,9H,8H2,1-3H3. The molecule has 6 heteroatoms. The van der Waals surface area contributed by atoms with Crippen LogP contribution in [0.4, 0.5) is 0 Å². The highest BCUT2D eigenvalue weighted by Gasteiger charge is 2.25. The van der Waals surface area contributed by atoms with Crippen LogP contribution in [-0.4, -0.2) is 25.0 Å². The van der Waals surface area contributed by atoms with Gasteiger partial charge in [0, 0.05) is 35.1 Å². The van der Waals surface area contributed by atoms with Crippen LogP contribution >= 0.6 is 11.6 Å². The molecule has 0 bridgehead atoms. The quantitative estimate of drug-likeness (QED) is 0.689. The first-order chi connectivity index (χ1) is 11.1. The third-order valence-corrected chi connectivity index (χ3v) is 4.58. The normalized spacial score (nSPS) is 13.3. The maximum atomic E-state index is 6.03. The number of fused-ring (bicyclic) bond motifs is 3. The van der Waals surface area contributed by atoms with Crippen molar-refractivity contribution in [3.63, 3.8) is 0 Å². The van der Waals surface area contributed by atoms with Crippen LogP contribution in [0.15, 0.2) is 35.5 Å². The molecule has 5 nitrogen and oxygen atoms in total. The van der Waals surface area contributed by atoms with E-state index in [2.05, 4.69) is 32.5 Å². The number of aliphatic imine (C=N–C) groups is 1. The third kappa shape index (κ3) is 2.11. The van der Waals surface area contributed by atoms with E-state index in [4.69, 9.17) is 16.6 Å². The van der Waals surface area contributed by atoms with Gasteiger partial charge in [0.1, 0.15) is 12.4 Å². The van der Waals surface area contributed by atoms with Crippen molar-refractivity contribution in [3.8, 4) is 5.69 Å². The molecule has 0 unspecified atom stereocenters. The Morgan fingerprint density at radius 1 is 1.09 bits per heavy atom. The van der Waals surface area contributed by atoms with Gasteiger partial charge >= 0.3 is 0 Å². The van der Waals surface area contributed by atoms with Gasteiger partial charge in [-0.3, -0.25) is 9.56 Å². The van der Waals surface area contributed by atoms with E-state index in [1.807, 2.05) is 38.2 Å². The fourth-order valence-corrected chi connectivity index (χ4v) is 3.19. The van der Waals surface area contributed by atoms with E-state index in [0.29, 0.717) is 6.54 Å². The van der Waals surface area contributed by atoms with E-state index in [1.165, 1.54) is 0 Å². The van der Waals surface area contributed by atoms with Crippen LogP contribution in [-0.2, 0) is 13.6 Å². The number of hydrogen-bond donors (Lipinski definition) is 0. The van der Waals surface area contributed by atoms with Crippen LogP contribution in [0.1, 0.15) is 28.5 Å². The van der Waals surface area contributed by atoms with Gasteiger partial charge in [-0.15, -0.1) is 10.2 Å². The van der Waals surface area contributed by atoms with Gasteiger partial charge in [-0.2, -0.15) is 0 Å². The molecular weight excluding hydrogens is 310 g/mol. The zero-order valence-electron chi connectivity index (χ0n) is 13.2. The average molecular weight is 326 g/mol. The number of rotatable bonds is 1. The van der Waals surface area contributed by atoms with E-state index in [-0.39, 0.29) is 0 Å². The predicted molar refractivity (Wildman–Crippen MR) is 90.6 cm³/mol. The summed E-state index contributed by atoms with van der Waals surface area (Å²) in [5.41, 5.74) is 5.39. The molecule has 1 aliphatic rings. The summed E-state index contributed by atoms with van der Waals surface area (Å²) < 4.78 is 4.21. The molecule has 0 atom stereocenters. The molecule has 23 heavy (non-hydrogen) atoms. The minimum absolute atomic E-state index is 0.511. The summed E-state index contributed by atoms with van der Waals surface area (Å²) in [5.74, 6) is 1.73. The van der Waals surface area contributed by atoms with Gasteiger partial charge in [0.25, 0.3) is 0 Å². The third-order valence-electron chi connectivity index (χ3n) is 4.33. The zero-order chi connectivity index (χ0) is 16.1. The summed E-state index contributed by atoms with van der Waals surface area (Å²) in [5, 5.41) is 9.20. The Hall–Kier alpha value is -2.40. The summed E-state index contributed by atoms with van der Waals surface area (Å²) in [4.78, 5) is 4.83. The molecule has 0 fully saturated rings. The molecule has 3 heterocycles. The molecule has 0 radical (unpaired) electrons. The van der Waals surface area contributed by atoms with E-state index < -0.39 is 0 Å². The molecule has 2 aromatic heterocycles. The molecule has 3 aromatic rings. The highest BCUT2D eigenvalue weighted by molar-refractivity contribution is 6.30. The number of halogens is 1. The van der Waals surface area contributed by atoms with Crippen molar-refractivity contribution in [2.75, 3.05) is 0 Å². The van der Waals surface area contributed by atoms with Gasteiger partial charge in [-0.25, -0.2) is 0 Å². The lowest BCUT2D eigenvalue weighted by molar-refractivity contribution is 0.843. The van der Waals surface area contributed by atoms with Gasteiger partial charge in [0.05, 0.1) is 11.4 Å². The minimum Gasteiger partial charge on any atom is -0.352 e. The van der Waals surface area contributed by atoms with E-state index in [0.717, 1.165) is 44.9 Å². The van der Waals surface area contributed by atoms with Gasteiger partial charge in [-0.1, -0.05) is 23.7 Å². The summed E-state index contributed by atoms with van der Waals surface area (Å²) >= 11 is 6.03. The molecule has 0 saturated heterocycles. The van der Waals surface area contributed by atoms with Crippen LogP contribution in [0, 0.1) is 13.8 Å². The van der Waals surface area contributed by atoms with Gasteiger partial charge in [0.2, 0.25) is 0 Å². The molecule has 1 aromatic carbocycles. The molecule has 1 aliphatic heterocycles. The summed E-state index contributed by atoms with van der Waals surface area (Å²) in [6.07, 6.45) is 2.11. The van der Waals surface area contributed by atoms with Crippen molar-refractivity contribution in [2.24, 2.45) is 12.0 Å². The highest BCUT2D eigenvalue weighted by Crippen LogP contribution is 2.29. The van der Waals surface area contributed by atoms with Crippen molar-refractivity contribution in [3.05, 3.63) is 64.0 Å². The number of aryl methyl sites for hydroxylation is 2. The van der Waals surface area contributed by atoms with Crippen molar-refractivity contribution < 1.29 is 0 Å². The van der Waals surface area contributed by atoms with E-state index in [1.54, 1.807) is 0 Å². The topological polar surface area (TPSA) is 48.0 Å². The molecular formula is C17H16ClN5. The average Bonchev–Trinajstić information content (AvgIpc) is 2.97. The Morgan fingerprint density at radius 2 is 1.83 bits per heavy atom. The van der Waals surface area contributed by atoms with E-state index >= 15 is 0 Å². The Morgan fingerprint density at radius 3 is 2.57 bits per heavy atom. The lowest BCUT2D eigenvalue weighted by atomic mass is 10.0. The van der Waals surface area contributed by atoms with Crippen LogP contribution in [0.5, 0.6) is 0 Å². The molecule has 0 saturated carbocycles. The molecule has 0 spiro atoms. The lowest BCUT2D eigenvalue weighted by Crippen LogP contribution is -2.07. The Labute approximate surface area is 139 Å². The summed E-state index contributed by atoms with van der Waals surface area (Å²) in [6, 6.07) is 7.81. The molecule has 0 aliphatic carbocycles. The van der Waals surface area contributed by atoms with Crippen LogP contribution < -0.4 is 0 Å². The maximum Gasteiger partial charge on any atom is 0.159 e. The molecule has 4 rings (SSSR count). The highest BCUT2D eigenvalue weighted by atomic mass is 35.5. The van der Waals surface area contributed by atoms with Crippen molar-refractivity contribution in [1.82, 2.24) is 19.3 Å². The van der Waals surface area contributed by atoms with Gasteiger partial charge < -0.3 is 4.57 Å². The zero-order valence-corrected chi connectivity index (χ0v) is 14.0. The summed E-state index contributed by atoms with van der Waals surface area (Å²) in [6.45, 7) is 4.58. The van der Waals surface area contributed by atoms with Crippen molar-refractivity contribution in [2.45, 2.75) is 20.4 Å². The maximum absolute atomic E-state index is 6.03. The Bertz CT molecular complexity index is 931. The molecule has 116 valence electrons. The van der Waals surface area contributed by atoms with Crippen molar-refractivity contribution in [1.29, 1.82) is 0 Å². The Balaban J connectivity index is 2.00. The molecule has 0 amide bonds. The van der Waals surface area contributed by atoms with Crippen LogP contribution in [0.3, 0.4) is 0 Å². The first-order valence-electron chi connectivity index (χ1n) is 7.44. The first-order valence-corrected chi connectivity index (χ1v) is 7.82. The van der Waals surface area contributed by atoms with E-state index in [9.17, 15) is 0 Å². The molecule has 0 N–H and O–H groups in total. The monoisotopic (exact) mass is 325 g/mol. The fourth-order valence-electron chi connectivity index (χ4n) is 3.06. The van der Waals surface area contributed by atoms with Gasteiger partial charge in [-0.05, 0) is 26.0 Å². The second-order valence-electron chi connectivity index (χ2n) is 5.76. The summed E-state index contributed by atoms with van der Waals surface area (Å²) in [7, 11) is 2.04. The predicted octanol–water partition coefficient (Wildman–Crippen LogP) is 3.23. The largest absolute Gasteiger partial charge is 0.352 e. The lowest BCUT2D eigenvalue weighted by Gasteiger charge is -2.09. The van der Waals surface area contributed by atoms with Crippen LogP contribution in [0.2, 0.25) is 5.02 Å². The van der Waals surface area contributed by atoms with Crippen molar-refractivity contribution >= 4 is 17.3 Å². The minimum atomic E-state index is 0.511. The van der Waals surface area contributed by atoms with Gasteiger partial charge in [0.15, 0.2) is 5.82 Å². The fraction of sp³-hybridized carbons (Fsp3) is 0.235. The number of nitrogens with zero attached hydrogens (tertiary/aromatic N) is 5. The smallest absolute Gasteiger partial charge is 0.159 e.